The van der Waals surface area contributed by atoms with Gasteiger partial charge in [-0.1, -0.05) is 6.07 Å². The zero-order valence-electron chi connectivity index (χ0n) is 14.1. The van der Waals surface area contributed by atoms with Crippen molar-refractivity contribution in [3.63, 3.8) is 0 Å². The molecule has 134 valence electrons. The van der Waals surface area contributed by atoms with Gasteiger partial charge in [0.15, 0.2) is 0 Å². The molecule has 0 aliphatic carbocycles. The number of amides is 3. The van der Waals surface area contributed by atoms with Crippen LogP contribution in [-0.4, -0.2) is 77.6 Å². The van der Waals surface area contributed by atoms with Gasteiger partial charge in [-0.3, -0.25) is 14.4 Å². The fourth-order valence-electron chi connectivity index (χ4n) is 3.21. The van der Waals surface area contributed by atoms with Crippen molar-refractivity contribution < 1.29 is 24.2 Å². The molecular weight excluding hydrogens is 326 g/mol. The molecule has 2 aliphatic rings. The minimum atomic E-state index is -0.964. The van der Waals surface area contributed by atoms with Crippen molar-refractivity contribution in [1.29, 1.82) is 0 Å². The Hall–Kier alpha value is -2.61. The zero-order chi connectivity index (χ0) is 18.1. The molecule has 0 unspecified atom stereocenters. The smallest absolute Gasteiger partial charge is 0.254 e. The second-order valence-corrected chi connectivity index (χ2v) is 6.26. The van der Waals surface area contributed by atoms with Gasteiger partial charge in [0.2, 0.25) is 11.8 Å². The van der Waals surface area contributed by atoms with Gasteiger partial charge in [0.05, 0.1) is 19.8 Å². The average Bonchev–Trinajstić information content (AvgIpc) is 2.63. The lowest BCUT2D eigenvalue weighted by Gasteiger charge is -2.45. The van der Waals surface area contributed by atoms with Crippen LogP contribution in [0.3, 0.4) is 0 Å². The summed E-state index contributed by atoms with van der Waals surface area (Å²) in [4.78, 5) is 40.4. The predicted molar refractivity (Wildman–Crippen MR) is 88.0 cm³/mol. The van der Waals surface area contributed by atoms with Crippen LogP contribution in [0.25, 0.3) is 0 Å². The van der Waals surface area contributed by atoms with E-state index < -0.39 is 18.2 Å². The molecule has 2 fully saturated rings. The number of fused-ring (bicyclic) bond motifs is 1. The predicted octanol–water partition coefficient (Wildman–Crippen LogP) is -0.773. The van der Waals surface area contributed by atoms with Crippen LogP contribution < -0.4 is 10.1 Å². The molecule has 2 saturated heterocycles. The Morgan fingerprint density at radius 1 is 1.36 bits per heavy atom. The number of benzene rings is 1. The third-order valence-electron chi connectivity index (χ3n) is 4.62. The van der Waals surface area contributed by atoms with Crippen molar-refractivity contribution in [2.24, 2.45) is 0 Å². The molecule has 8 heteroatoms. The molecule has 25 heavy (non-hydrogen) atoms. The molecule has 1 aromatic carbocycles. The van der Waals surface area contributed by atoms with Gasteiger partial charge in [0.1, 0.15) is 17.8 Å². The zero-order valence-corrected chi connectivity index (χ0v) is 14.1. The Morgan fingerprint density at radius 3 is 2.80 bits per heavy atom. The first-order valence-corrected chi connectivity index (χ1v) is 8.14. The van der Waals surface area contributed by atoms with Gasteiger partial charge in [-0.05, 0) is 25.1 Å². The van der Waals surface area contributed by atoms with Crippen LogP contribution in [0.5, 0.6) is 5.75 Å². The summed E-state index contributed by atoms with van der Waals surface area (Å²) in [5.74, 6) is -0.298. The first kappa shape index (κ1) is 17.2. The highest BCUT2D eigenvalue weighted by Crippen LogP contribution is 2.20. The molecule has 2 aliphatic heterocycles. The number of carbonyl (C=O) groups excluding carboxylic acids is 3. The summed E-state index contributed by atoms with van der Waals surface area (Å²) in [5, 5.41) is 12.2. The molecule has 8 nitrogen and oxygen atoms in total. The molecule has 0 spiro atoms. The first-order valence-electron chi connectivity index (χ1n) is 8.14. The number of hydrogen-bond acceptors (Lipinski definition) is 5. The van der Waals surface area contributed by atoms with Crippen LogP contribution in [0, 0.1) is 0 Å². The maximum Gasteiger partial charge on any atom is 0.254 e. The highest BCUT2D eigenvalue weighted by molar-refractivity contribution is 5.99. The summed E-state index contributed by atoms with van der Waals surface area (Å²) in [5.41, 5.74) is 0.470. The maximum atomic E-state index is 12.7. The Kier molecular flexibility index (Phi) is 4.63. The van der Waals surface area contributed by atoms with E-state index in [1.165, 1.54) is 18.9 Å². The Bertz CT molecular complexity index is 705. The van der Waals surface area contributed by atoms with E-state index in [4.69, 9.17) is 4.74 Å². The summed E-state index contributed by atoms with van der Waals surface area (Å²) < 4.78 is 5.13. The van der Waals surface area contributed by atoms with Gasteiger partial charge >= 0.3 is 0 Å². The quantitative estimate of drug-likeness (QED) is 0.748. The van der Waals surface area contributed by atoms with E-state index in [2.05, 4.69) is 5.32 Å². The van der Waals surface area contributed by atoms with Gasteiger partial charge in [-0.2, -0.15) is 0 Å². The van der Waals surface area contributed by atoms with Gasteiger partial charge in [-0.15, -0.1) is 0 Å². The Morgan fingerprint density at radius 2 is 2.12 bits per heavy atom. The number of rotatable bonds is 3. The minimum absolute atomic E-state index is 0.125. The summed E-state index contributed by atoms with van der Waals surface area (Å²) in [6.07, 6.45) is -0.964. The van der Waals surface area contributed by atoms with Crippen LogP contribution in [0.1, 0.15) is 17.3 Å². The van der Waals surface area contributed by atoms with Crippen molar-refractivity contribution in [1.82, 2.24) is 15.1 Å². The van der Waals surface area contributed by atoms with Crippen molar-refractivity contribution >= 4 is 17.7 Å². The van der Waals surface area contributed by atoms with Gasteiger partial charge in [-0.25, -0.2) is 0 Å². The van der Waals surface area contributed by atoms with E-state index in [0.717, 1.165) is 0 Å². The average molecular weight is 347 g/mol. The highest BCUT2D eigenvalue weighted by atomic mass is 16.5. The minimum Gasteiger partial charge on any atom is -0.497 e. The molecule has 0 bridgehead atoms. The fraction of sp³-hybridized carbons (Fsp3) is 0.471. The van der Waals surface area contributed by atoms with E-state index in [-0.39, 0.29) is 30.8 Å². The number of aliphatic hydroxyl groups excluding tert-OH is 1. The van der Waals surface area contributed by atoms with Crippen LogP contribution in [0.15, 0.2) is 24.3 Å². The third-order valence-corrected chi connectivity index (χ3v) is 4.62. The van der Waals surface area contributed by atoms with E-state index in [0.29, 0.717) is 17.9 Å². The summed E-state index contributed by atoms with van der Waals surface area (Å²) in [6.45, 7) is 2.18. The summed E-state index contributed by atoms with van der Waals surface area (Å²) >= 11 is 0. The van der Waals surface area contributed by atoms with Crippen LogP contribution in [0.2, 0.25) is 0 Å². The molecule has 2 heterocycles. The monoisotopic (exact) mass is 347 g/mol. The molecule has 3 amide bonds. The Labute approximate surface area is 145 Å². The SMILES string of the molecule is COc1cccc(C(=O)N2CCN3C(=O)[C@@H]([C@H](C)O)NC(=O)[C@H]3C2)c1. The van der Waals surface area contributed by atoms with Crippen LogP contribution in [-0.2, 0) is 9.59 Å². The topological polar surface area (TPSA) is 99.2 Å². The second-order valence-electron chi connectivity index (χ2n) is 6.26. The molecule has 0 radical (unpaired) electrons. The molecule has 3 rings (SSSR count). The summed E-state index contributed by atoms with van der Waals surface area (Å²) in [6, 6.07) is 5.15. The lowest BCUT2D eigenvalue weighted by molar-refractivity contribution is -0.155. The van der Waals surface area contributed by atoms with E-state index in [1.54, 1.807) is 29.2 Å². The molecule has 2 N–H and O–H groups in total. The number of carbonyl (C=O) groups is 3. The lowest BCUT2D eigenvalue weighted by Crippen LogP contribution is -2.71. The van der Waals surface area contributed by atoms with E-state index in [1.807, 2.05) is 0 Å². The van der Waals surface area contributed by atoms with E-state index in [9.17, 15) is 19.5 Å². The summed E-state index contributed by atoms with van der Waals surface area (Å²) in [7, 11) is 1.53. The van der Waals surface area contributed by atoms with Crippen molar-refractivity contribution in [3.05, 3.63) is 29.8 Å². The third kappa shape index (κ3) is 3.17. The highest BCUT2D eigenvalue weighted by Gasteiger charge is 2.45. The van der Waals surface area contributed by atoms with Gasteiger partial charge in [0, 0.05) is 18.7 Å². The number of nitrogens with zero attached hydrogens (tertiary/aromatic N) is 2. The molecule has 3 atom stereocenters. The maximum absolute atomic E-state index is 12.7. The standard InChI is InChI=1S/C17H21N3O5/c1-10(21)14-17(24)20-7-6-19(9-13(20)15(22)18-14)16(23)11-4-3-5-12(8-11)25-2/h3-5,8,10,13-14,21H,6-7,9H2,1-2H3,(H,18,22)/t10-,13+,14+/m0/s1. The van der Waals surface area contributed by atoms with Crippen molar-refractivity contribution in [2.45, 2.75) is 25.1 Å². The number of piperazine rings is 2. The van der Waals surface area contributed by atoms with Crippen molar-refractivity contribution in [3.8, 4) is 5.75 Å². The molecular formula is C17H21N3O5. The number of hydrogen-bond donors (Lipinski definition) is 2. The molecule has 1 aromatic rings. The molecule has 0 aromatic heterocycles. The van der Waals surface area contributed by atoms with Crippen molar-refractivity contribution in [2.75, 3.05) is 26.7 Å². The van der Waals surface area contributed by atoms with Crippen LogP contribution >= 0.6 is 0 Å². The van der Waals surface area contributed by atoms with Gasteiger partial charge in [0.25, 0.3) is 5.91 Å². The van der Waals surface area contributed by atoms with Crippen LogP contribution in [0.4, 0.5) is 0 Å². The lowest BCUT2D eigenvalue weighted by atomic mass is 10.0. The number of methoxy groups -OCH3 is 1. The fourth-order valence-corrected chi connectivity index (χ4v) is 3.21. The molecule has 0 saturated carbocycles. The first-order chi connectivity index (χ1) is 11.9. The second kappa shape index (κ2) is 6.72. The normalized spacial score (nSPS) is 24.4. The number of ether oxygens (including phenoxy) is 1. The number of nitrogens with one attached hydrogen (secondary N) is 1. The Balaban J connectivity index is 1.75. The van der Waals surface area contributed by atoms with Gasteiger partial charge < -0.3 is 25.0 Å². The number of aliphatic hydroxyl groups is 1. The largest absolute Gasteiger partial charge is 0.497 e. The van der Waals surface area contributed by atoms with E-state index >= 15 is 0 Å².